The van der Waals surface area contributed by atoms with Crippen molar-refractivity contribution in [3.8, 4) is 0 Å². The summed E-state index contributed by atoms with van der Waals surface area (Å²) in [7, 11) is 0. The number of rotatable bonds is 6. The molecule has 0 radical (unpaired) electrons. The van der Waals surface area contributed by atoms with Crippen LogP contribution in [-0.4, -0.2) is 5.91 Å². The van der Waals surface area contributed by atoms with Gasteiger partial charge in [-0.25, -0.2) is 0 Å². The largest absolute Gasteiger partial charge is 0.348 e. The Morgan fingerprint density at radius 1 is 0.840 bits per heavy atom. The van der Waals surface area contributed by atoms with Gasteiger partial charge in [0, 0.05) is 17.2 Å². The second kappa shape index (κ2) is 8.54. The topological polar surface area (TPSA) is 29.1 Å². The summed E-state index contributed by atoms with van der Waals surface area (Å²) in [5.74, 6) is 0.819. The van der Waals surface area contributed by atoms with Gasteiger partial charge in [0.25, 0.3) is 5.91 Å². The van der Waals surface area contributed by atoms with Crippen molar-refractivity contribution in [3.63, 3.8) is 0 Å². The first kappa shape index (κ1) is 17.3. The Kier molecular flexibility index (Phi) is 5.91. The van der Waals surface area contributed by atoms with Crippen LogP contribution in [0, 0.1) is 6.92 Å². The molecular formula is C22H21NOS. The number of aryl methyl sites for hydroxylation is 1. The minimum absolute atomic E-state index is 0.0308. The molecule has 0 saturated heterocycles. The maximum Gasteiger partial charge on any atom is 0.252 e. The minimum Gasteiger partial charge on any atom is -0.348 e. The summed E-state index contributed by atoms with van der Waals surface area (Å²) in [5, 5.41) is 3.02. The minimum atomic E-state index is -0.0308. The number of amides is 1. The van der Waals surface area contributed by atoms with Crippen LogP contribution < -0.4 is 5.32 Å². The molecule has 0 heterocycles. The number of carbonyl (C=O) groups is 1. The molecule has 1 amide bonds. The van der Waals surface area contributed by atoms with E-state index >= 15 is 0 Å². The molecule has 0 aromatic heterocycles. The summed E-state index contributed by atoms with van der Waals surface area (Å²) in [6, 6.07) is 26.3. The zero-order valence-electron chi connectivity index (χ0n) is 14.2. The van der Waals surface area contributed by atoms with E-state index in [1.165, 1.54) is 11.1 Å². The van der Waals surface area contributed by atoms with Crippen LogP contribution >= 0.6 is 11.8 Å². The fraction of sp³-hybridized carbons (Fsp3) is 0.136. The Hall–Kier alpha value is -2.52. The molecule has 0 saturated carbocycles. The Labute approximate surface area is 153 Å². The summed E-state index contributed by atoms with van der Waals surface area (Å²) >= 11 is 1.69. The molecular weight excluding hydrogens is 326 g/mol. The fourth-order valence-corrected chi connectivity index (χ4v) is 3.50. The lowest BCUT2D eigenvalue weighted by Gasteiger charge is -2.10. The van der Waals surface area contributed by atoms with Gasteiger partial charge >= 0.3 is 0 Å². The highest BCUT2D eigenvalue weighted by atomic mass is 32.2. The van der Waals surface area contributed by atoms with Gasteiger partial charge in [-0.05, 0) is 30.2 Å². The first-order valence-corrected chi connectivity index (χ1v) is 9.30. The molecule has 0 unspecified atom stereocenters. The Balaban J connectivity index is 1.64. The summed E-state index contributed by atoms with van der Waals surface area (Å²) in [6.45, 7) is 2.60. The van der Waals surface area contributed by atoms with Crippen molar-refractivity contribution in [2.45, 2.75) is 24.1 Å². The zero-order chi connectivity index (χ0) is 17.5. The van der Waals surface area contributed by atoms with Crippen LogP contribution in [-0.2, 0) is 12.3 Å². The maximum absolute atomic E-state index is 12.6. The van der Waals surface area contributed by atoms with Crippen molar-refractivity contribution in [1.29, 1.82) is 0 Å². The number of thioether (sulfide) groups is 1. The van der Waals surface area contributed by atoms with Crippen LogP contribution in [0.1, 0.15) is 27.0 Å². The second-order valence-corrected chi connectivity index (χ2v) is 6.96. The molecule has 0 spiro atoms. The van der Waals surface area contributed by atoms with Crippen LogP contribution in [0.5, 0.6) is 0 Å². The van der Waals surface area contributed by atoms with Crippen LogP contribution in [0.25, 0.3) is 0 Å². The molecule has 2 nitrogen and oxygen atoms in total. The molecule has 3 aromatic carbocycles. The van der Waals surface area contributed by atoms with Crippen LogP contribution in [0.3, 0.4) is 0 Å². The highest BCUT2D eigenvalue weighted by Gasteiger charge is 2.11. The summed E-state index contributed by atoms with van der Waals surface area (Å²) in [5.41, 5.74) is 4.31. The molecule has 25 heavy (non-hydrogen) atoms. The highest BCUT2D eigenvalue weighted by Crippen LogP contribution is 2.26. The van der Waals surface area contributed by atoms with E-state index in [0.717, 1.165) is 21.8 Å². The maximum atomic E-state index is 12.6. The van der Waals surface area contributed by atoms with E-state index in [1.54, 1.807) is 11.8 Å². The van der Waals surface area contributed by atoms with Crippen LogP contribution in [0.2, 0.25) is 0 Å². The van der Waals surface area contributed by atoms with Gasteiger partial charge in [0.05, 0.1) is 5.56 Å². The predicted octanol–water partition coefficient (Wildman–Crippen LogP) is 5.22. The van der Waals surface area contributed by atoms with Gasteiger partial charge in [-0.3, -0.25) is 4.79 Å². The predicted molar refractivity (Wildman–Crippen MR) is 105 cm³/mol. The van der Waals surface area contributed by atoms with Gasteiger partial charge in [-0.1, -0.05) is 72.3 Å². The third-order valence-electron chi connectivity index (χ3n) is 3.94. The lowest BCUT2D eigenvalue weighted by molar-refractivity contribution is 0.0948. The van der Waals surface area contributed by atoms with Gasteiger partial charge in [0.15, 0.2) is 0 Å². The van der Waals surface area contributed by atoms with Gasteiger partial charge in [-0.2, -0.15) is 0 Å². The molecule has 0 bridgehead atoms. The Bertz CT molecular complexity index is 828. The fourth-order valence-electron chi connectivity index (χ4n) is 2.50. The molecule has 126 valence electrons. The lowest BCUT2D eigenvalue weighted by atomic mass is 10.1. The van der Waals surface area contributed by atoms with E-state index in [2.05, 4.69) is 36.5 Å². The average Bonchev–Trinajstić information content (AvgIpc) is 2.67. The second-order valence-electron chi connectivity index (χ2n) is 5.94. The number of nitrogens with one attached hydrogen (secondary N) is 1. The summed E-state index contributed by atoms with van der Waals surface area (Å²) in [6.07, 6.45) is 0. The third kappa shape index (κ3) is 4.97. The van der Waals surface area contributed by atoms with Gasteiger partial charge in [-0.15, -0.1) is 11.8 Å². The van der Waals surface area contributed by atoms with E-state index < -0.39 is 0 Å². The number of hydrogen-bond acceptors (Lipinski definition) is 2. The highest BCUT2D eigenvalue weighted by molar-refractivity contribution is 7.98. The standard InChI is InChI=1S/C22H21NOS/c1-17-11-13-18(14-12-17)15-23-22(24)20-9-5-6-10-21(20)25-16-19-7-3-2-4-8-19/h2-14H,15-16H2,1H3,(H,23,24). The molecule has 0 atom stereocenters. The molecule has 1 N–H and O–H groups in total. The first-order chi connectivity index (χ1) is 12.2. The molecule has 3 rings (SSSR count). The molecule has 0 fully saturated rings. The van der Waals surface area contributed by atoms with Crippen molar-refractivity contribution in [2.75, 3.05) is 0 Å². The van der Waals surface area contributed by atoms with E-state index in [0.29, 0.717) is 6.54 Å². The molecule has 0 aliphatic carbocycles. The van der Waals surface area contributed by atoms with E-state index in [-0.39, 0.29) is 5.91 Å². The van der Waals surface area contributed by atoms with Crippen molar-refractivity contribution in [3.05, 3.63) is 101 Å². The molecule has 0 aliphatic rings. The van der Waals surface area contributed by atoms with Crippen LogP contribution in [0.4, 0.5) is 0 Å². The number of carbonyl (C=O) groups excluding carboxylic acids is 1. The zero-order valence-corrected chi connectivity index (χ0v) is 15.1. The molecule has 0 aliphatic heterocycles. The number of benzene rings is 3. The van der Waals surface area contributed by atoms with E-state index in [4.69, 9.17) is 0 Å². The molecule has 3 aromatic rings. The first-order valence-electron chi connectivity index (χ1n) is 8.32. The summed E-state index contributed by atoms with van der Waals surface area (Å²) in [4.78, 5) is 13.6. The van der Waals surface area contributed by atoms with Gasteiger partial charge < -0.3 is 5.32 Å². The SMILES string of the molecule is Cc1ccc(CNC(=O)c2ccccc2SCc2ccccc2)cc1. The Morgan fingerprint density at radius 3 is 2.28 bits per heavy atom. The monoisotopic (exact) mass is 347 g/mol. The van der Waals surface area contributed by atoms with E-state index in [9.17, 15) is 4.79 Å². The quantitative estimate of drug-likeness (QED) is 0.620. The smallest absolute Gasteiger partial charge is 0.252 e. The lowest BCUT2D eigenvalue weighted by Crippen LogP contribution is -2.23. The van der Waals surface area contributed by atoms with Crippen molar-refractivity contribution < 1.29 is 4.79 Å². The van der Waals surface area contributed by atoms with E-state index in [1.807, 2.05) is 54.6 Å². The average molecular weight is 347 g/mol. The number of hydrogen-bond donors (Lipinski definition) is 1. The van der Waals surface area contributed by atoms with Crippen LogP contribution in [0.15, 0.2) is 83.8 Å². The molecule has 3 heteroatoms. The van der Waals surface area contributed by atoms with Gasteiger partial charge in [0.1, 0.15) is 0 Å². The third-order valence-corrected chi connectivity index (χ3v) is 5.09. The van der Waals surface area contributed by atoms with Crippen molar-refractivity contribution in [1.82, 2.24) is 5.32 Å². The van der Waals surface area contributed by atoms with Gasteiger partial charge in [0.2, 0.25) is 0 Å². The van der Waals surface area contributed by atoms with Crippen molar-refractivity contribution in [2.24, 2.45) is 0 Å². The Morgan fingerprint density at radius 2 is 1.52 bits per heavy atom. The normalized spacial score (nSPS) is 10.4. The van der Waals surface area contributed by atoms with Crippen molar-refractivity contribution >= 4 is 17.7 Å². The summed E-state index contributed by atoms with van der Waals surface area (Å²) < 4.78 is 0.